The van der Waals surface area contributed by atoms with Gasteiger partial charge in [-0.25, -0.2) is 18.5 Å². The van der Waals surface area contributed by atoms with Gasteiger partial charge in [0.15, 0.2) is 0 Å². The zero-order valence-corrected chi connectivity index (χ0v) is 17.6. The molecule has 31 heavy (non-hydrogen) atoms. The topological polar surface area (TPSA) is 118 Å². The first-order valence-corrected chi connectivity index (χ1v) is 11.6. The molecule has 0 bridgehead atoms. The molecule has 2 N–H and O–H groups in total. The number of benzene rings is 2. The normalized spacial score (nSPS) is 19.0. The van der Waals surface area contributed by atoms with Crippen LogP contribution in [-0.4, -0.2) is 43.6 Å². The molecule has 1 saturated carbocycles. The lowest BCUT2D eigenvalue weighted by Crippen LogP contribution is -2.47. The van der Waals surface area contributed by atoms with E-state index in [0.29, 0.717) is 13.0 Å². The molecule has 0 spiro atoms. The summed E-state index contributed by atoms with van der Waals surface area (Å²) in [4.78, 5) is 41.2. The third-order valence-corrected chi connectivity index (χ3v) is 6.55. The van der Waals surface area contributed by atoms with Gasteiger partial charge < -0.3 is 4.90 Å². The summed E-state index contributed by atoms with van der Waals surface area (Å²) in [5.74, 6) is -1.07. The summed E-state index contributed by atoms with van der Waals surface area (Å²) in [5, 5.41) is 5.11. The molecule has 1 aliphatic carbocycles. The molecule has 2 fully saturated rings. The van der Waals surface area contributed by atoms with Crippen LogP contribution < -0.4 is 10.0 Å². The Morgan fingerprint density at radius 3 is 2.26 bits per heavy atom. The number of nitrogens with zero attached hydrogens (tertiary/aromatic N) is 2. The largest absolute Gasteiger partial charge is 0.330 e. The Labute approximate surface area is 180 Å². The van der Waals surface area contributed by atoms with Gasteiger partial charge in [-0.3, -0.25) is 14.4 Å². The lowest BCUT2D eigenvalue weighted by molar-refractivity contribution is -0.139. The molecule has 1 saturated heterocycles. The van der Waals surface area contributed by atoms with Crippen LogP contribution in [-0.2, 0) is 30.8 Å². The van der Waals surface area contributed by atoms with Crippen LogP contribution in [0.3, 0.4) is 0 Å². The second-order valence-corrected chi connectivity index (χ2v) is 9.43. The minimum absolute atomic E-state index is 0.0817. The van der Waals surface area contributed by atoms with E-state index in [0.717, 1.165) is 23.3 Å². The van der Waals surface area contributed by atoms with Crippen molar-refractivity contribution in [3.8, 4) is 0 Å². The Morgan fingerprint density at radius 2 is 1.68 bits per heavy atom. The van der Waals surface area contributed by atoms with Crippen molar-refractivity contribution >= 4 is 33.4 Å². The molecular weight excluding hydrogens is 418 g/mol. The van der Waals surface area contributed by atoms with E-state index in [4.69, 9.17) is 5.14 Å². The maximum absolute atomic E-state index is 13.2. The number of sulfonamides is 1. The summed E-state index contributed by atoms with van der Waals surface area (Å²) in [7, 11) is -3.88. The first kappa shape index (κ1) is 21.2. The molecule has 1 atom stereocenters. The van der Waals surface area contributed by atoms with E-state index in [1.54, 1.807) is 4.90 Å². The predicted octanol–water partition coefficient (Wildman–Crippen LogP) is 1.45. The van der Waals surface area contributed by atoms with Crippen LogP contribution in [0.1, 0.15) is 24.8 Å². The maximum atomic E-state index is 13.2. The molecule has 1 unspecified atom stereocenters. The Kier molecular flexibility index (Phi) is 5.63. The van der Waals surface area contributed by atoms with Gasteiger partial charge in [0.1, 0.15) is 6.04 Å². The third kappa shape index (κ3) is 4.52. The zero-order valence-electron chi connectivity index (χ0n) is 16.8. The number of nitrogens with two attached hydrogens (primary N) is 1. The first-order valence-electron chi connectivity index (χ1n) is 10.1. The fourth-order valence-electron chi connectivity index (χ4n) is 3.79. The Bertz CT molecular complexity index is 1110. The SMILES string of the molecule is NS(=O)(=O)c1ccc(N2C(=O)CC(N(CCc3ccccc3)C(=O)C3CC3)C2=O)cc1. The van der Waals surface area contributed by atoms with Gasteiger partial charge in [-0.1, -0.05) is 30.3 Å². The van der Waals surface area contributed by atoms with E-state index in [1.165, 1.54) is 24.3 Å². The zero-order chi connectivity index (χ0) is 22.2. The standard InChI is InChI=1S/C22H23N3O5S/c23-31(29,30)18-10-8-17(9-11-18)25-20(26)14-19(22(25)28)24(21(27)16-6-7-16)13-12-15-4-2-1-3-5-15/h1-5,8-11,16,19H,6-7,12-14H2,(H2,23,29,30). The monoisotopic (exact) mass is 441 g/mol. The number of hydrogen-bond donors (Lipinski definition) is 1. The number of primary sulfonamides is 1. The summed E-state index contributed by atoms with van der Waals surface area (Å²) in [6.45, 7) is 0.348. The van der Waals surface area contributed by atoms with Crippen LogP contribution in [0.2, 0.25) is 0 Å². The summed E-state index contributed by atoms with van der Waals surface area (Å²) >= 11 is 0. The van der Waals surface area contributed by atoms with E-state index in [9.17, 15) is 22.8 Å². The summed E-state index contributed by atoms with van der Waals surface area (Å²) < 4.78 is 22.9. The fraction of sp³-hybridized carbons (Fsp3) is 0.318. The third-order valence-electron chi connectivity index (χ3n) is 5.62. The molecule has 162 valence electrons. The molecule has 2 aromatic carbocycles. The average molecular weight is 442 g/mol. The van der Waals surface area contributed by atoms with Gasteiger partial charge in [0.25, 0.3) is 5.91 Å². The van der Waals surface area contributed by atoms with E-state index in [2.05, 4.69) is 0 Å². The van der Waals surface area contributed by atoms with Gasteiger partial charge in [0.05, 0.1) is 17.0 Å². The second kappa shape index (κ2) is 8.24. The van der Waals surface area contributed by atoms with Crippen LogP contribution in [0.5, 0.6) is 0 Å². The predicted molar refractivity (Wildman–Crippen MR) is 113 cm³/mol. The van der Waals surface area contributed by atoms with Crippen molar-refractivity contribution in [1.29, 1.82) is 0 Å². The molecule has 2 aromatic rings. The van der Waals surface area contributed by atoms with E-state index < -0.39 is 27.9 Å². The summed E-state index contributed by atoms with van der Waals surface area (Å²) in [6, 6.07) is 14.0. The number of rotatable bonds is 7. The highest BCUT2D eigenvalue weighted by Gasteiger charge is 2.46. The quantitative estimate of drug-likeness (QED) is 0.653. The maximum Gasteiger partial charge on any atom is 0.257 e. The Hall–Kier alpha value is -3.04. The lowest BCUT2D eigenvalue weighted by Gasteiger charge is -2.28. The molecule has 0 radical (unpaired) electrons. The molecule has 1 heterocycles. The molecule has 3 amide bonds. The van der Waals surface area contributed by atoms with E-state index >= 15 is 0 Å². The van der Waals surface area contributed by atoms with E-state index in [1.807, 2.05) is 30.3 Å². The minimum Gasteiger partial charge on any atom is -0.330 e. The first-order chi connectivity index (χ1) is 14.8. The van der Waals surface area contributed by atoms with Gasteiger partial charge in [-0.15, -0.1) is 0 Å². The Balaban J connectivity index is 1.56. The van der Waals surface area contributed by atoms with Crippen molar-refractivity contribution in [2.24, 2.45) is 11.1 Å². The van der Waals surface area contributed by atoms with Gasteiger partial charge in [-0.05, 0) is 49.1 Å². The van der Waals surface area contributed by atoms with Crippen molar-refractivity contribution in [1.82, 2.24) is 4.90 Å². The minimum atomic E-state index is -3.88. The second-order valence-electron chi connectivity index (χ2n) is 7.87. The van der Waals surface area contributed by atoms with Gasteiger partial charge in [-0.2, -0.15) is 0 Å². The van der Waals surface area contributed by atoms with Gasteiger partial charge in [0, 0.05) is 12.5 Å². The van der Waals surface area contributed by atoms with Gasteiger partial charge in [0.2, 0.25) is 21.8 Å². The number of carbonyl (C=O) groups is 3. The van der Waals surface area contributed by atoms with E-state index in [-0.39, 0.29) is 28.8 Å². The summed E-state index contributed by atoms with van der Waals surface area (Å²) in [5.41, 5.74) is 1.30. The number of amides is 3. The van der Waals surface area contributed by atoms with Crippen LogP contribution in [0.15, 0.2) is 59.5 Å². The Morgan fingerprint density at radius 1 is 1.03 bits per heavy atom. The molecule has 8 nitrogen and oxygen atoms in total. The highest BCUT2D eigenvalue weighted by molar-refractivity contribution is 7.89. The van der Waals surface area contributed by atoms with Crippen LogP contribution in [0.4, 0.5) is 5.69 Å². The molecule has 9 heteroatoms. The van der Waals surface area contributed by atoms with Crippen LogP contribution in [0.25, 0.3) is 0 Å². The molecule has 1 aliphatic heterocycles. The van der Waals surface area contributed by atoms with Crippen LogP contribution >= 0.6 is 0 Å². The number of hydrogen-bond acceptors (Lipinski definition) is 5. The van der Waals surface area contributed by atoms with Gasteiger partial charge >= 0.3 is 0 Å². The lowest BCUT2D eigenvalue weighted by atomic mass is 10.1. The number of carbonyl (C=O) groups excluding carboxylic acids is 3. The smallest absolute Gasteiger partial charge is 0.257 e. The molecule has 4 rings (SSSR count). The molecular formula is C22H23N3O5S. The van der Waals surface area contributed by atoms with Crippen LogP contribution in [0, 0.1) is 5.92 Å². The number of imide groups is 1. The highest BCUT2D eigenvalue weighted by Crippen LogP contribution is 2.34. The fourth-order valence-corrected chi connectivity index (χ4v) is 4.31. The molecule has 0 aromatic heterocycles. The van der Waals surface area contributed by atoms with Crippen molar-refractivity contribution < 1.29 is 22.8 Å². The molecule has 2 aliphatic rings. The van der Waals surface area contributed by atoms with Crippen molar-refractivity contribution in [2.75, 3.05) is 11.4 Å². The van der Waals surface area contributed by atoms with Crippen molar-refractivity contribution in [3.63, 3.8) is 0 Å². The average Bonchev–Trinajstić information content (AvgIpc) is 3.54. The highest BCUT2D eigenvalue weighted by atomic mass is 32.2. The number of anilines is 1. The van der Waals surface area contributed by atoms with Crippen molar-refractivity contribution in [3.05, 3.63) is 60.2 Å². The van der Waals surface area contributed by atoms with Crippen molar-refractivity contribution in [2.45, 2.75) is 36.6 Å². The summed E-state index contributed by atoms with van der Waals surface area (Å²) in [6.07, 6.45) is 2.09.